The number of nitrogens with zero attached hydrogens (tertiary/aromatic N) is 1. The summed E-state index contributed by atoms with van der Waals surface area (Å²) in [6, 6.07) is 73.7. The van der Waals surface area contributed by atoms with Gasteiger partial charge >= 0.3 is 0 Å². The van der Waals surface area contributed by atoms with Crippen molar-refractivity contribution in [3.05, 3.63) is 222 Å². The van der Waals surface area contributed by atoms with Crippen LogP contribution in [0.5, 0.6) is 0 Å². The summed E-state index contributed by atoms with van der Waals surface area (Å²) in [5.74, 6) is 0. The zero-order chi connectivity index (χ0) is 37.2. The van der Waals surface area contributed by atoms with E-state index in [1.54, 1.807) is 0 Å². The van der Waals surface area contributed by atoms with E-state index in [9.17, 15) is 0 Å². The first kappa shape index (κ1) is 30.9. The molecule has 0 unspecified atom stereocenters. The Hall–Kier alpha value is -7.42. The molecule has 1 aromatic heterocycles. The molecule has 2 aliphatic rings. The molecule has 264 valence electrons. The fourth-order valence-corrected chi connectivity index (χ4v) is 10.7. The summed E-state index contributed by atoms with van der Waals surface area (Å²) in [6.07, 6.45) is 0. The molecule has 2 heteroatoms. The van der Waals surface area contributed by atoms with Gasteiger partial charge in [0, 0.05) is 21.8 Å². The average Bonchev–Trinajstić information content (AvgIpc) is 3.92. The van der Waals surface area contributed by atoms with Gasteiger partial charge in [-0.1, -0.05) is 170 Å². The van der Waals surface area contributed by atoms with E-state index in [0.29, 0.717) is 0 Å². The van der Waals surface area contributed by atoms with Crippen molar-refractivity contribution in [2.24, 2.45) is 0 Å². The molecule has 11 aromatic rings. The summed E-state index contributed by atoms with van der Waals surface area (Å²) >= 11 is 0. The molecular weight excluding hydrogens is 691 g/mol. The van der Waals surface area contributed by atoms with Crippen molar-refractivity contribution in [2.45, 2.75) is 5.41 Å². The van der Waals surface area contributed by atoms with Gasteiger partial charge in [-0.15, -0.1) is 0 Å². The molecule has 0 fully saturated rings. The zero-order valence-corrected chi connectivity index (χ0v) is 30.9. The summed E-state index contributed by atoms with van der Waals surface area (Å²) in [6.45, 7) is 0. The van der Waals surface area contributed by atoms with Crippen molar-refractivity contribution < 1.29 is 4.42 Å². The highest BCUT2D eigenvalue weighted by molar-refractivity contribution is 6.24. The Balaban J connectivity index is 1.25. The molecule has 2 nitrogen and oxygen atoms in total. The number of anilines is 3. The van der Waals surface area contributed by atoms with Crippen LogP contribution in [0.25, 0.3) is 76.5 Å². The molecule has 10 aromatic carbocycles. The minimum absolute atomic E-state index is 0.575. The lowest BCUT2D eigenvalue weighted by atomic mass is 9.69. The van der Waals surface area contributed by atoms with Gasteiger partial charge in [-0.25, -0.2) is 0 Å². The van der Waals surface area contributed by atoms with E-state index in [0.717, 1.165) is 39.0 Å². The molecule has 0 saturated carbocycles. The van der Waals surface area contributed by atoms with Crippen LogP contribution in [0.15, 0.2) is 205 Å². The van der Waals surface area contributed by atoms with Crippen molar-refractivity contribution in [2.75, 3.05) is 4.90 Å². The molecule has 57 heavy (non-hydrogen) atoms. The highest BCUT2D eigenvalue weighted by Crippen LogP contribution is 2.67. The first-order valence-corrected chi connectivity index (χ1v) is 19.8. The minimum Gasteiger partial charge on any atom is -0.454 e. The van der Waals surface area contributed by atoms with Crippen molar-refractivity contribution >= 4 is 71.3 Å². The number of furan rings is 1. The Labute approximate surface area is 329 Å². The third-order valence-corrected chi connectivity index (χ3v) is 12.8. The highest BCUT2D eigenvalue weighted by Gasteiger charge is 2.54. The smallest absolute Gasteiger partial charge is 0.159 e. The molecular formula is C55H33NO. The van der Waals surface area contributed by atoms with Gasteiger partial charge in [0.15, 0.2) is 5.58 Å². The second kappa shape index (κ2) is 11.3. The Bertz CT molecular complexity index is 3440. The lowest BCUT2D eigenvalue weighted by Gasteiger charge is -2.33. The Morgan fingerprint density at radius 1 is 0.351 bits per heavy atom. The fraction of sp³-hybridized carbons (Fsp3) is 0.0182. The number of hydrogen-bond donors (Lipinski definition) is 0. The molecule has 0 saturated heterocycles. The van der Waals surface area contributed by atoms with Gasteiger partial charge in [-0.3, -0.25) is 0 Å². The summed E-state index contributed by atoms with van der Waals surface area (Å²) in [5, 5.41) is 9.81. The maximum absolute atomic E-state index is 6.80. The summed E-state index contributed by atoms with van der Waals surface area (Å²) < 4.78 is 6.80. The van der Waals surface area contributed by atoms with Gasteiger partial charge < -0.3 is 9.32 Å². The maximum Gasteiger partial charge on any atom is 0.159 e. The van der Waals surface area contributed by atoms with Gasteiger partial charge in [0.1, 0.15) is 5.58 Å². The van der Waals surface area contributed by atoms with Gasteiger partial charge in [-0.05, 0) is 102 Å². The molecule has 1 heterocycles. The third kappa shape index (κ3) is 3.89. The Morgan fingerprint density at radius 3 is 1.60 bits per heavy atom. The Kier molecular flexibility index (Phi) is 6.13. The number of rotatable bonds is 3. The first-order valence-electron chi connectivity index (χ1n) is 19.8. The molecule has 0 amide bonds. The zero-order valence-electron chi connectivity index (χ0n) is 30.9. The van der Waals surface area contributed by atoms with Crippen molar-refractivity contribution in [1.82, 2.24) is 0 Å². The molecule has 0 aliphatic heterocycles. The van der Waals surface area contributed by atoms with Crippen LogP contribution < -0.4 is 4.90 Å². The lowest BCUT2D eigenvalue weighted by Crippen LogP contribution is -2.26. The van der Waals surface area contributed by atoms with Crippen LogP contribution in [0.3, 0.4) is 0 Å². The van der Waals surface area contributed by atoms with Crippen LogP contribution in [-0.4, -0.2) is 0 Å². The van der Waals surface area contributed by atoms with Crippen LogP contribution in [0.2, 0.25) is 0 Å². The first-order chi connectivity index (χ1) is 28.3. The third-order valence-electron chi connectivity index (χ3n) is 12.8. The maximum atomic E-state index is 6.80. The van der Waals surface area contributed by atoms with E-state index in [-0.39, 0.29) is 0 Å². The topological polar surface area (TPSA) is 16.4 Å². The number of hydrogen-bond acceptors (Lipinski definition) is 2. The second-order valence-corrected chi connectivity index (χ2v) is 15.5. The molecule has 1 spiro atoms. The predicted molar refractivity (Wildman–Crippen MR) is 237 cm³/mol. The SMILES string of the molecule is c1ccc(N(c2cc3c(c4ccccc24)-c2c(c4ccccc4c4ccccc24)C32c3ccccc3-c3ccccc32)c2cccc3c2oc2ccccc23)cc1. The largest absolute Gasteiger partial charge is 0.454 e. The summed E-state index contributed by atoms with van der Waals surface area (Å²) in [4.78, 5) is 2.44. The van der Waals surface area contributed by atoms with E-state index in [4.69, 9.17) is 4.42 Å². The lowest BCUT2D eigenvalue weighted by molar-refractivity contribution is 0.669. The average molecular weight is 724 g/mol. The normalized spacial score (nSPS) is 13.4. The van der Waals surface area contributed by atoms with E-state index < -0.39 is 5.41 Å². The van der Waals surface area contributed by atoms with Crippen LogP contribution in [0.1, 0.15) is 22.3 Å². The van der Waals surface area contributed by atoms with E-state index in [2.05, 4.69) is 205 Å². The van der Waals surface area contributed by atoms with Crippen molar-refractivity contribution in [1.29, 1.82) is 0 Å². The van der Waals surface area contributed by atoms with Crippen molar-refractivity contribution in [3.63, 3.8) is 0 Å². The Morgan fingerprint density at radius 2 is 0.877 bits per heavy atom. The number of benzene rings is 10. The van der Waals surface area contributed by atoms with Gasteiger partial charge in [0.25, 0.3) is 0 Å². The van der Waals surface area contributed by atoms with E-state index >= 15 is 0 Å². The van der Waals surface area contributed by atoms with E-state index in [1.165, 1.54) is 76.8 Å². The molecule has 0 radical (unpaired) electrons. The standard InChI is InChI=1S/C55H33NO/c1-2-17-34(18-3-1)56(48-31-16-28-44-40-24-12-15-32-50(40)57-54(44)48)49-33-47-51(42-26-8-6-23-39(42)49)52-41-25-7-4-19-35(41)36-20-5-9-27-43(36)53(52)55(47)45-29-13-10-21-37(45)38-22-11-14-30-46(38)55/h1-33H. The van der Waals surface area contributed by atoms with Crippen LogP contribution in [0.4, 0.5) is 17.1 Å². The number of para-hydroxylation sites is 3. The van der Waals surface area contributed by atoms with Crippen molar-refractivity contribution in [3.8, 4) is 22.3 Å². The van der Waals surface area contributed by atoms with Gasteiger partial charge in [0.05, 0.1) is 16.8 Å². The van der Waals surface area contributed by atoms with Crippen LogP contribution in [-0.2, 0) is 5.41 Å². The van der Waals surface area contributed by atoms with E-state index in [1.807, 2.05) is 0 Å². The molecule has 2 aliphatic carbocycles. The van der Waals surface area contributed by atoms with Crippen LogP contribution >= 0.6 is 0 Å². The molecule has 0 bridgehead atoms. The minimum atomic E-state index is -0.575. The van der Waals surface area contributed by atoms with Gasteiger partial charge in [0.2, 0.25) is 0 Å². The highest BCUT2D eigenvalue weighted by atomic mass is 16.3. The summed E-state index contributed by atoms with van der Waals surface area (Å²) in [7, 11) is 0. The molecule has 0 atom stereocenters. The number of fused-ring (bicyclic) bond motifs is 20. The van der Waals surface area contributed by atoms with Gasteiger partial charge in [-0.2, -0.15) is 0 Å². The second-order valence-electron chi connectivity index (χ2n) is 15.5. The summed E-state index contributed by atoms with van der Waals surface area (Å²) in [5.41, 5.74) is 15.0. The van der Waals surface area contributed by atoms with Crippen LogP contribution in [0, 0.1) is 0 Å². The quantitative estimate of drug-likeness (QED) is 0.169. The molecule has 0 N–H and O–H groups in total. The predicted octanol–water partition coefficient (Wildman–Crippen LogP) is 14.9. The molecule has 13 rings (SSSR count). The monoisotopic (exact) mass is 723 g/mol. The fourth-order valence-electron chi connectivity index (χ4n) is 10.7.